The number of nitrogens with two attached hydrogens (primary N) is 1. The molecule has 0 aliphatic rings. The molecule has 0 fully saturated rings. The summed E-state index contributed by atoms with van der Waals surface area (Å²) in [7, 11) is 1.61. The van der Waals surface area contributed by atoms with Crippen molar-refractivity contribution < 1.29 is 4.74 Å². The van der Waals surface area contributed by atoms with Gasteiger partial charge in [-0.3, -0.25) is 0 Å². The molecule has 0 saturated carbocycles. The van der Waals surface area contributed by atoms with Gasteiger partial charge in [-0.1, -0.05) is 19.9 Å². The van der Waals surface area contributed by atoms with Crippen molar-refractivity contribution >= 4 is 5.69 Å². The van der Waals surface area contributed by atoms with Gasteiger partial charge in [-0.15, -0.1) is 0 Å². The van der Waals surface area contributed by atoms with Gasteiger partial charge >= 0.3 is 0 Å². The van der Waals surface area contributed by atoms with Gasteiger partial charge in [-0.2, -0.15) is 5.10 Å². The van der Waals surface area contributed by atoms with Crippen molar-refractivity contribution in [3.8, 4) is 11.4 Å². The number of para-hydroxylation sites is 1. The lowest BCUT2D eigenvalue weighted by Gasteiger charge is -2.09. The highest BCUT2D eigenvalue weighted by molar-refractivity contribution is 5.66. The van der Waals surface area contributed by atoms with E-state index in [0.29, 0.717) is 17.4 Å². The first-order chi connectivity index (χ1) is 8.13. The molecule has 0 unspecified atom stereocenters. The van der Waals surface area contributed by atoms with Crippen LogP contribution in [-0.2, 0) is 0 Å². The molecule has 90 valence electrons. The zero-order chi connectivity index (χ0) is 12.4. The maximum absolute atomic E-state index is 6.03. The Morgan fingerprint density at radius 2 is 2.06 bits per heavy atom. The summed E-state index contributed by atoms with van der Waals surface area (Å²) >= 11 is 0. The van der Waals surface area contributed by atoms with Gasteiger partial charge in [-0.05, 0) is 24.1 Å². The highest BCUT2D eigenvalue weighted by Gasteiger charge is 2.09. The zero-order valence-corrected chi connectivity index (χ0v) is 10.3. The molecule has 4 heteroatoms. The molecule has 0 bridgehead atoms. The predicted molar refractivity (Wildman–Crippen MR) is 68.6 cm³/mol. The predicted octanol–water partition coefficient (Wildman–Crippen LogP) is 2.59. The van der Waals surface area contributed by atoms with E-state index in [2.05, 4.69) is 18.9 Å². The van der Waals surface area contributed by atoms with E-state index >= 15 is 0 Å². The third-order valence-electron chi connectivity index (χ3n) is 2.71. The Balaban J connectivity index is 2.45. The summed E-state index contributed by atoms with van der Waals surface area (Å²) in [6, 6.07) is 7.67. The summed E-state index contributed by atoms with van der Waals surface area (Å²) in [4.78, 5) is 0. The average Bonchev–Trinajstić information content (AvgIpc) is 2.78. The van der Waals surface area contributed by atoms with Crippen LogP contribution >= 0.6 is 0 Å². The van der Waals surface area contributed by atoms with Crippen molar-refractivity contribution in [1.29, 1.82) is 0 Å². The Labute approximate surface area is 101 Å². The molecule has 2 rings (SSSR count). The highest BCUT2D eigenvalue weighted by atomic mass is 16.5. The van der Waals surface area contributed by atoms with Crippen LogP contribution in [0.1, 0.15) is 25.5 Å². The molecule has 1 aromatic carbocycles. The van der Waals surface area contributed by atoms with Crippen molar-refractivity contribution in [2.45, 2.75) is 19.8 Å². The lowest BCUT2D eigenvalue weighted by Crippen LogP contribution is -2.03. The minimum absolute atomic E-state index is 0.406. The number of ether oxygens (including phenoxy) is 1. The number of anilines is 1. The summed E-state index contributed by atoms with van der Waals surface area (Å²) in [5.74, 6) is 1.08. The van der Waals surface area contributed by atoms with Gasteiger partial charge in [0.2, 0.25) is 0 Å². The van der Waals surface area contributed by atoms with Gasteiger partial charge in [0.05, 0.1) is 18.5 Å². The van der Waals surface area contributed by atoms with Crippen LogP contribution in [-0.4, -0.2) is 16.9 Å². The van der Waals surface area contributed by atoms with Gasteiger partial charge < -0.3 is 10.5 Å². The van der Waals surface area contributed by atoms with Gasteiger partial charge in [0.1, 0.15) is 11.4 Å². The van der Waals surface area contributed by atoms with Gasteiger partial charge in [-0.25, -0.2) is 4.68 Å². The van der Waals surface area contributed by atoms with E-state index in [1.165, 1.54) is 0 Å². The van der Waals surface area contributed by atoms with Crippen molar-refractivity contribution in [3.05, 3.63) is 36.2 Å². The first kappa shape index (κ1) is 11.5. The SMILES string of the molecule is COc1cccc(-n2ccc(C(C)C)n2)c1N. The zero-order valence-electron chi connectivity index (χ0n) is 10.3. The summed E-state index contributed by atoms with van der Waals surface area (Å²) in [6.07, 6.45) is 1.92. The van der Waals surface area contributed by atoms with Crippen LogP contribution in [0.5, 0.6) is 5.75 Å². The quantitative estimate of drug-likeness (QED) is 0.826. The van der Waals surface area contributed by atoms with E-state index in [9.17, 15) is 0 Å². The summed E-state index contributed by atoms with van der Waals surface area (Å²) < 4.78 is 6.98. The molecule has 0 amide bonds. The average molecular weight is 231 g/mol. The van der Waals surface area contributed by atoms with E-state index in [1.54, 1.807) is 11.8 Å². The number of hydrogen-bond donors (Lipinski definition) is 1. The molecule has 0 saturated heterocycles. The molecule has 0 aliphatic heterocycles. The first-order valence-corrected chi connectivity index (χ1v) is 5.62. The van der Waals surface area contributed by atoms with Gasteiger partial charge in [0.15, 0.2) is 0 Å². The minimum atomic E-state index is 0.406. The van der Waals surface area contributed by atoms with Crippen LogP contribution in [0.15, 0.2) is 30.5 Å². The topological polar surface area (TPSA) is 53.1 Å². The monoisotopic (exact) mass is 231 g/mol. The molecule has 2 N–H and O–H groups in total. The summed E-state index contributed by atoms with van der Waals surface area (Å²) in [5.41, 5.74) is 8.52. The Bertz CT molecular complexity index is 517. The molecule has 0 aliphatic carbocycles. The Morgan fingerprint density at radius 1 is 1.29 bits per heavy atom. The van der Waals surface area contributed by atoms with E-state index < -0.39 is 0 Å². The molecule has 2 aromatic rings. The number of aromatic nitrogens is 2. The highest BCUT2D eigenvalue weighted by Crippen LogP contribution is 2.27. The van der Waals surface area contributed by atoms with Crippen LogP contribution in [0.3, 0.4) is 0 Å². The van der Waals surface area contributed by atoms with Crippen LogP contribution in [0.25, 0.3) is 5.69 Å². The molecule has 0 atom stereocenters. The summed E-state index contributed by atoms with van der Waals surface area (Å²) in [5, 5.41) is 4.50. The third kappa shape index (κ3) is 2.11. The van der Waals surface area contributed by atoms with Crippen molar-refractivity contribution in [2.75, 3.05) is 12.8 Å². The lowest BCUT2D eigenvalue weighted by molar-refractivity contribution is 0.416. The fourth-order valence-corrected chi connectivity index (χ4v) is 1.69. The molecular formula is C13H17N3O. The second-order valence-corrected chi connectivity index (χ2v) is 4.23. The van der Waals surface area contributed by atoms with Crippen LogP contribution in [0.4, 0.5) is 5.69 Å². The normalized spacial score (nSPS) is 10.8. The van der Waals surface area contributed by atoms with Crippen molar-refractivity contribution in [1.82, 2.24) is 9.78 Å². The maximum atomic E-state index is 6.03. The molecule has 0 spiro atoms. The van der Waals surface area contributed by atoms with Crippen molar-refractivity contribution in [3.63, 3.8) is 0 Å². The number of hydrogen-bond acceptors (Lipinski definition) is 3. The fourth-order valence-electron chi connectivity index (χ4n) is 1.69. The molecule has 1 heterocycles. The Hall–Kier alpha value is -1.97. The second-order valence-electron chi connectivity index (χ2n) is 4.23. The van der Waals surface area contributed by atoms with Gasteiger partial charge in [0.25, 0.3) is 0 Å². The van der Waals surface area contributed by atoms with E-state index in [0.717, 1.165) is 11.4 Å². The number of benzene rings is 1. The lowest BCUT2D eigenvalue weighted by atomic mass is 10.1. The largest absolute Gasteiger partial charge is 0.495 e. The Kier molecular flexibility index (Phi) is 3.04. The molecule has 0 radical (unpaired) electrons. The van der Waals surface area contributed by atoms with E-state index in [1.807, 2.05) is 30.5 Å². The number of methoxy groups -OCH3 is 1. The second kappa shape index (κ2) is 4.49. The number of nitrogen functional groups attached to an aromatic ring is 1. The van der Waals surface area contributed by atoms with Crippen LogP contribution in [0, 0.1) is 0 Å². The molecular weight excluding hydrogens is 214 g/mol. The first-order valence-electron chi connectivity index (χ1n) is 5.62. The van der Waals surface area contributed by atoms with Crippen LogP contribution < -0.4 is 10.5 Å². The van der Waals surface area contributed by atoms with Gasteiger partial charge in [0, 0.05) is 6.20 Å². The van der Waals surface area contributed by atoms with Crippen molar-refractivity contribution in [2.24, 2.45) is 0 Å². The number of nitrogens with zero attached hydrogens (tertiary/aromatic N) is 2. The number of rotatable bonds is 3. The third-order valence-corrected chi connectivity index (χ3v) is 2.71. The molecule has 1 aromatic heterocycles. The smallest absolute Gasteiger partial charge is 0.143 e. The maximum Gasteiger partial charge on any atom is 0.143 e. The minimum Gasteiger partial charge on any atom is -0.495 e. The fraction of sp³-hybridized carbons (Fsp3) is 0.308. The van der Waals surface area contributed by atoms with E-state index in [-0.39, 0.29) is 0 Å². The summed E-state index contributed by atoms with van der Waals surface area (Å²) in [6.45, 7) is 4.23. The molecule has 17 heavy (non-hydrogen) atoms. The standard InChI is InChI=1S/C13H17N3O/c1-9(2)10-7-8-16(15-10)11-5-4-6-12(17-3)13(11)14/h4-9H,14H2,1-3H3. The van der Waals surface area contributed by atoms with Crippen LogP contribution in [0.2, 0.25) is 0 Å². The van der Waals surface area contributed by atoms with E-state index in [4.69, 9.17) is 10.5 Å². The molecule has 4 nitrogen and oxygen atoms in total. The Morgan fingerprint density at radius 3 is 2.65 bits per heavy atom.